The Morgan fingerprint density at radius 1 is 1.21 bits per heavy atom. The first kappa shape index (κ1) is 11.5. The quantitative estimate of drug-likeness (QED) is 0.750. The molecule has 0 fully saturated rings. The molecule has 3 aromatic rings. The summed E-state index contributed by atoms with van der Waals surface area (Å²) in [4.78, 5) is 3.04. The Labute approximate surface area is 111 Å². The molecule has 1 aromatic carbocycles. The fourth-order valence-corrected chi connectivity index (χ4v) is 1.95. The number of aryl methyl sites for hydroxylation is 1. The van der Waals surface area contributed by atoms with Gasteiger partial charge in [-0.2, -0.15) is 0 Å². The van der Waals surface area contributed by atoms with Crippen molar-refractivity contribution in [3.63, 3.8) is 0 Å². The Kier molecular flexibility index (Phi) is 3.02. The summed E-state index contributed by atoms with van der Waals surface area (Å²) in [5.41, 5.74) is 3.39. The zero-order chi connectivity index (χ0) is 13.1. The highest BCUT2D eigenvalue weighted by molar-refractivity contribution is 5.59. The number of rotatable bonds is 4. The Balaban J connectivity index is 1.71. The van der Waals surface area contributed by atoms with Crippen LogP contribution in [0, 0.1) is 0 Å². The largest absolute Gasteiger partial charge is 0.381 e. The zero-order valence-electron chi connectivity index (χ0n) is 10.7. The van der Waals surface area contributed by atoms with Gasteiger partial charge in [-0.1, -0.05) is 0 Å². The molecule has 0 saturated heterocycles. The minimum atomic E-state index is 0.812. The van der Waals surface area contributed by atoms with E-state index in [-0.39, 0.29) is 0 Å². The number of aromatic amines is 1. The third-order valence-electron chi connectivity index (χ3n) is 3.01. The average Bonchev–Trinajstić information content (AvgIpc) is 3.08. The number of nitrogens with one attached hydrogen (secondary N) is 2. The Bertz CT molecular complexity index is 637. The minimum Gasteiger partial charge on any atom is -0.381 e. The van der Waals surface area contributed by atoms with Crippen LogP contribution in [0.4, 0.5) is 5.69 Å². The van der Waals surface area contributed by atoms with Crippen molar-refractivity contribution in [1.82, 2.24) is 19.7 Å². The minimum absolute atomic E-state index is 0.812. The smallest absolute Gasteiger partial charge is 0.163 e. The predicted octanol–water partition coefficient (Wildman–Crippen LogP) is 2.42. The summed E-state index contributed by atoms with van der Waals surface area (Å²) in [7, 11) is 1.94. The lowest BCUT2D eigenvalue weighted by molar-refractivity contribution is 0.920. The van der Waals surface area contributed by atoms with E-state index in [1.165, 1.54) is 5.56 Å². The van der Waals surface area contributed by atoms with Gasteiger partial charge in [-0.05, 0) is 35.9 Å². The molecule has 0 saturated carbocycles. The second kappa shape index (κ2) is 4.97. The van der Waals surface area contributed by atoms with Gasteiger partial charge in [0.05, 0.1) is 0 Å². The summed E-state index contributed by atoms with van der Waals surface area (Å²) < 4.78 is 1.90. The van der Waals surface area contributed by atoms with Crippen molar-refractivity contribution in [2.75, 3.05) is 5.32 Å². The van der Waals surface area contributed by atoms with Gasteiger partial charge in [0.2, 0.25) is 0 Å². The highest BCUT2D eigenvalue weighted by Crippen LogP contribution is 2.18. The van der Waals surface area contributed by atoms with Gasteiger partial charge in [0.25, 0.3) is 0 Å². The highest BCUT2D eigenvalue weighted by atomic mass is 15.2. The van der Waals surface area contributed by atoms with Crippen LogP contribution in [-0.4, -0.2) is 19.7 Å². The molecule has 0 spiro atoms. The molecular weight excluding hydrogens is 238 g/mol. The maximum atomic E-state index is 4.09. The van der Waals surface area contributed by atoms with Crippen LogP contribution in [-0.2, 0) is 13.6 Å². The van der Waals surface area contributed by atoms with E-state index < -0.39 is 0 Å². The number of benzene rings is 1. The Hall–Kier alpha value is -2.56. The van der Waals surface area contributed by atoms with Crippen molar-refractivity contribution in [3.05, 3.63) is 54.6 Å². The lowest BCUT2D eigenvalue weighted by atomic mass is 10.2. The van der Waals surface area contributed by atoms with E-state index >= 15 is 0 Å². The molecule has 0 aliphatic carbocycles. The molecule has 0 unspecified atom stereocenters. The van der Waals surface area contributed by atoms with Gasteiger partial charge >= 0.3 is 0 Å². The number of aromatic nitrogens is 4. The summed E-state index contributed by atoms with van der Waals surface area (Å²) in [6.07, 6.45) is 5.61. The number of nitrogens with zero attached hydrogens (tertiary/aromatic N) is 3. The van der Waals surface area contributed by atoms with Crippen LogP contribution in [0.1, 0.15) is 5.56 Å². The molecule has 19 heavy (non-hydrogen) atoms. The van der Waals surface area contributed by atoms with Gasteiger partial charge in [-0.15, -0.1) is 10.2 Å². The van der Waals surface area contributed by atoms with Crippen molar-refractivity contribution in [3.8, 4) is 11.4 Å². The van der Waals surface area contributed by atoms with E-state index in [1.807, 2.05) is 36.1 Å². The van der Waals surface area contributed by atoms with Gasteiger partial charge in [-0.25, -0.2) is 0 Å². The molecule has 0 amide bonds. The van der Waals surface area contributed by atoms with Crippen LogP contribution in [0.2, 0.25) is 0 Å². The first-order chi connectivity index (χ1) is 9.33. The van der Waals surface area contributed by atoms with Crippen LogP contribution in [0.25, 0.3) is 11.4 Å². The monoisotopic (exact) mass is 253 g/mol. The van der Waals surface area contributed by atoms with Gasteiger partial charge < -0.3 is 14.9 Å². The Morgan fingerprint density at radius 2 is 2.05 bits per heavy atom. The molecule has 96 valence electrons. The average molecular weight is 253 g/mol. The van der Waals surface area contributed by atoms with Gasteiger partial charge in [-0.3, -0.25) is 0 Å². The normalized spacial score (nSPS) is 10.6. The second-order valence-electron chi connectivity index (χ2n) is 4.42. The molecule has 5 nitrogen and oxygen atoms in total. The molecule has 3 rings (SSSR count). The van der Waals surface area contributed by atoms with E-state index in [2.05, 4.69) is 38.7 Å². The maximum Gasteiger partial charge on any atom is 0.163 e. The molecule has 0 aliphatic heterocycles. The fourth-order valence-electron chi connectivity index (χ4n) is 1.95. The topological polar surface area (TPSA) is 58.5 Å². The van der Waals surface area contributed by atoms with Crippen molar-refractivity contribution in [2.24, 2.45) is 7.05 Å². The van der Waals surface area contributed by atoms with Crippen molar-refractivity contribution < 1.29 is 0 Å². The molecular formula is C14H15N5. The van der Waals surface area contributed by atoms with Crippen LogP contribution >= 0.6 is 0 Å². The highest BCUT2D eigenvalue weighted by Gasteiger charge is 2.03. The standard InChI is InChI=1S/C14H15N5/c1-19-10-17-18-14(19)12-2-4-13(5-3-12)16-9-11-6-7-15-8-11/h2-8,10,15-16H,9H2,1H3. The summed E-state index contributed by atoms with van der Waals surface area (Å²) in [6.45, 7) is 0.812. The third kappa shape index (κ3) is 2.49. The number of H-pyrrole nitrogens is 1. The first-order valence-corrected chi connectivity index (χ1v) is 6.13. The lowest BCUT2D eigenvalue weighted by Gasteiger charge is -2.06. The molecule has 0 aliphatic rings. The summed E-state index contributed by atoms with van der Waals surface area (Å²) in [5, 5.41) is 11.3. The number of anilines is 1. The summed E-state index contributed by atoms with van der Waals surface area (Å²) >= 11 is 0. The first-order valence-electron chi connectivity index (χ1n) is 6.13. The van der Waals surface area contributed by atoms with E-state index in [1.54, 1.807) is 6.33 Å². The van der Waals surface area contributed by atoms with Crippen LogP contribution in [0.3, 0.4) is 0 Å². The predicted molar refractivity (Wildman–Crippen MR) is 74.6 cm³/mol. The third-order valence-corrected chi connectivity index (χ3v) is 3.01. The Morgan fingerprint density at radius 3 is 2.68 bits per heavy atom. The molecule has 0 atom stereocenters. The lowest BCUT2D eigenvalue weighted by Crippen LogP contribution is -1.98. The van der Waals surface area contributed by atoms with E-state index in [9.17, 15) is 0 Å². The molecule has 0 bridgehead atoms. The van der Waals surface area contributed by atoms with E-state index in [0.717, 1.165) is 23.6 Å². The van der Waals surface area contributed by atoms with Crippen molar-refractivity contribution in [2.45, 2.75) is 6.54 Å². The molecule has 0 radical (unpaired) electrons. The molecule has 2 N–H and O–H groups in total. The molecule has 2 aromatic heterocycles. The van der Waals surface area contributed by atoms with Crippen LogP contribution < -0.4 is 5.32 Å². The van der Waals surface area contributed by atoms with Crippen molar-refractivity contribution in [1.29, 1.82) is 0 Å². The van der Waals surface area contributed by atoms with E-state index in [4.69, 9.17) is 0 Å². The van der Waals surface area contributed by atoms with Crippen LogP contribution in [0.5, 0.6) is 0 Å². The van der Waals surface area contributed by atoms with Gasteiger partial charge in [0.1, 0.15) is 6.33 Å². The van der Waals surface area contributed by atoms with E-state index in [0.29, 0.717) is 0 Å². The maximum absolute atomic E-state index is 4.09. The fraction of sp³-hybridized carbons (Fsp3) is 0.143. The molecule has 2 heterocycles. The van der Waals surface area contributed by atoms with Gasteiger partial charge in [0, 0.05) is 37.2 Å². The van der Waals surface area contributed by atoms with Gasteiger partial charge in [0.15, 0.2) is 5.82 Å². The summed E-state index contributed by atoms with van der Waals surface area (Å²) in [6, 6.07) is 10.3. The molecule has 5 heteroatoms. The number of hydrogen-bond acceptors (Lipinski definition) is 3. The SMILES string of the molecule is Cn1cnnc1-c1ccc(NCc2cc[nH]c2)cc1. The van der Waals surface area contributed by atoms with Crippen LogP contribution in [0.15, 0.2) is 49.1 Å². The zero-order valence-corrected chi connectivity index (χ0v) is 10.7. The van der Waals surface area contributed by atoms with Crippen molar-refractivity contribution >= 4 is 5.69 Å². The number of hydrogen-bond donors (Lipinski definition) is 2. The second-order valence-corrected chi connectivity index (χ2v) is 4.42. The summed E-state index contributed by atoms with van der Waals surface area (Å²) in [5.74, 6) is 0.872.